The van der Waals surface area contributed by atoms with Gasteiger partial charge in [0.1, 0.15) is 0 Å². The second-order valence-electron chi connectivity index (χ2n) is 10.3. The van der Waals surface area contributed by atoms with Gasteiger partial charge in [-0.2, -0.15) is 0 Å². The second kappa shape index (κ2) is 14.8. The highest BCUT2D eigenvalue weighted by Gasteiger charge is 2.21. The summed E-state index contributed by atoms with van der Waals surface area (Å²) in [6.07, 6.45) is 5.51. The van der Waals surface area contributed by atoms with Gasteiger partial charge in [-0.05, 0) is 75.3 Å². The van der Waals surface area contributed by atoms with Crippen molar-refractivity contribution in [1.82, 2.24) is 9.97 Å². The van der Waals surface area contributed by atoms with Crippen LogP contribution in [-0.4, -0.2) is 50.1 Å². The molecule has 10 heteroatoms. The van der Waals surface area contributed by atoms with Crippen molar-refractivity contribution in [1.29, 1.82) is 0 Å². The molecule has 0 aliphatic heterocycles. The average molecular weight is 577 g/mol. The van der Waals surface area contributed by atoms with Crippen LogP contribution in [0.15, 0.2) is 52.6 Å². The maximum absolute atomic E-state index is 12.6. The van der Waals surface area contributed by atoms with Gasteiger partial charge in [-0.25, -0.2) is 4.99 Å². The summed E-state index contributed by atoms with van der Waals surface area (Å²) in [6.45, 7) is 16.3. The zero-order chi connectivity index (χ0) is 31.7. The number of hydrogen-bond acceptors (Lipinski definition) is 4. The topological polar surface area (TPSA) is 179 Å². The van der Waals surface area contributed by atoms with Gasteiger partial charge >= 0.3 is 11.9 Å². The number of carbonyl (C=O) groups excluding carboxylic acids is 2. The lowest BCUT2D eigenvalue weighted by molar-refractivity contribution is -0.138. The van der Waals surface area contributed by atoms with Crippen molar-refractivity contribution >= 4 is 30.0 Å². The highest BCUT2D eigenvalue weighted by Crippen LogP contribution is 2.28. The summed E-state index contributed by atoms with van der Waals surface area (Å²) in [6, 6.07) is 0. The molecule has 0 fully saturated rings. The number of nitrogens with two attached hydrogens (primary N) is 1. The lowest BCUT2D eigenvalue weighted by Gasteiger charge is -2.07. The van der Waals surface area contributed by atoms with Crippen molar-refractivity contribution in [3.8, 4) is 0 Å². The Labute approximate surface area is 245 Å². The average Bonchev–Trinajstić information content (AvgIpc) is 3.37. The number of primary amides is 1. The molecular formula is C32H40N4O6. The summed E-state index contributed by atoms with van der Waals surface area (Å²) >= 11 is 0. The van der Waals surface area contributed by atoms with Gasteiger partial charge in [0.05, 0.1) is 11.9 Å². The number of carboxylic acid groups (broad SMARTS) is 2. The molecule has 2 amide bonds. The number of aliphatic carboxylic acids is 2. The molecule has 2 rings (SSSR count). The first-order chi connectivity index (χ1) is 19.7. The van der Waals surface area contributed by atoms with Gasteiger partial charge in [0, 0.05) is 53.9 Å². The largest absolute Gasteiger partial charge is 0.481 e. The van der Waals surface area contributed by atoms with Crippen LogP contribution in [0, 0.1) is 13.8 Å². The van der Waals surface area contributed by atoms with Gasteiger partial charge < -0.3 is 25.9 Å². The fourth-order valence-corrected chi connectivity index (χ4v) is 4.79. The Morgan fingerprint density at radius 1 is 0.857 bits per heavy atom. The van der Waals surface area contributed by atoms with Gasteiger partial charge in [-0.3, -0.25) is 19.2 Å². The molecule has 0 aromatic carbocycles. The van der Waals surface area contributed by atoms with Crippen molar-refractivity contribution in [2.24, 2.45) is 10.7 Å². The first-order valence-corrected chi connectivity index (χ1v) is 13.5. The molecule has 0 aliphatic carbocycles. The summed E-state index contributed by atoms with van der Waals surface area (Å²) in [5, 5.41) is 18.7. The fraction of sp³-hybridized carbons (Fsp3) is 0.344. The molecule has 0 aliphatic rings. The molecule has 2 aromatic heterocycles. The molecule has 6 N–H and O–H groups in total. The van der Waals surface area contributed by atoms with Crippen LogP contribution in [-0.2, 0) is 44.9 Å². The first kappa shape index (κ1) is 33.5. The molecule has 10 nitrogen and oxygen atoms in total. The van der Waals surface area contributed by atoms with Crippen LogP contribution in [0.25, 0.3) is 0 Å². The van der Waals surface area contributed by atoms with Crippen LogP contribution in [0.3, 0.4) is 0 Å². The van der Waals surface area contributed by atoms with Gasteiger partial charge in [-0.1, -0.05) is 30.9 Å². The van der Waals surface area contributed by atoms with Crippen LogP contribution in [0.5, 0.6) is 0 Å². The van der Waals surface area contributed by atoms with Crippen LogP contribution in [0.1, 0.15) is 78.6 Å². The number of H-pyrrole nitrogens is 2. The zero-order valence-electron chi connectivity index (χ0n) is 24.9. The number of carbonyl (C=O) groups is 4. The Kier molecular flexibility index (Phi) is 11.8. The van der Waals surface area contributed by atoms with Crippen molar-refractivity contribution in [3.05, 3.63) is 92.6 Å². The van der Waals surface area contributed by atoms with E-state index in [2.05, 4.69) is 28.1 Å². The smallest absolute Gasteiger partial charge is 0.303 e. The number of aromatic nitrogens is 2. The number of amides is 2. The SMILES string of the molecule is C=C/C(C(N)=O)=C(\C)Cc1[nH]c(Cc2[nH]c(/C=N/C(=O)/C(C)=C(\C)C=C)c(C)c2CCC(=O)O)c(CCC(=O)O)c1C. The fourth-order valence-electron chi connectivity index (χ4n) is 4.79. The Bertz CT molecular complexity index is 1510. The van der Waals surface area contributed by atoms with Crippen LogP contribution in [0.4, 0.5) is 0 Å². The number of nitrogens with one attached hydrogen (secondary N) is 2. The van der Waals surface area contributed by atoms with Crippen molar-refractivity contribution < 1.29 is 29.4 Å². The monoisotopic (exact) mass is 576 g/mol. The molecule has 0 saturated heterocycles. The molecular weight excluding hydrogens is 536 g/mol. The third-order valence-electron chi connectivity index (χ3n) is 7.51. The summed E-state index contributed by atoms with van der Waals surface area (Å²) in [5.74, 6) is -2.86. The molecule has 0 radical (unpaired) electrons. The Morgan fingerprint density at radius 2 is 1.40 bits per heavy atom. The highest BCUT2D eigenvalue weighted by atomic mass is 16.4. The van der Waals surface area contributed by atoms with E-state index < -0.39 is 23.8 Å². The molecule has 2 heterocycles. The normalized spacial score (nSPS) is 12.6. The number of nitrogens with zero attached hydrogens (tertiary/aromatic N) is 1. The number of allylic oxidation sites excluding steroid dienone is 3. The predicted molar refractivity (Wildman–Crippen MR) is 163 cm³/mol. The minimum absolute atomic E-state index is 0.0776. The summed E-state index contributed by atoms with van der Waals surface area (Å²) < 4.78 is 0. The van der Waals surface area contributed by atoms with E-state index in [0.717, 1.165) is 50.5 Å². The summed E-state index contributed by atoms with van der Waals surface area (Å²) in [5.41, 5.74) is 13.9. The molecule has 42 heavy (non-hydrogen) atoms. The minimum atomic E-state index is -0.942. The van der Waals surface area contributed by atoms with E-state index in [9.17, 15) is 29.4 Å². The lowest BCUT2D eigenvalue weighted by atomic mass is 9.97. The summed E-state index contributed by atoms with van der Waals surface area (Å²) in [4.78, 5) is 58.1. The Morgan fingerprint density at radius 3 is 1.90 bits per heavy atom. The highest BCUT2D eigenvalue weighted by molar-refractivity contribution is 6.01. The number of hydrogen-bond donors (Lipinski definition) is 5. The van der Waals surface area contributed by atoms with E-state index in [0.29, 0.717) is 29.7 Å². The third-order valence-corrected chi connectivity index (χ3v) is 7.51. The Balaban J connectivity index is 2.62. The quantitative estimate of drug-likeness (QED) is 0.118. The molecule has 224 valence electrons. The van der Waals surface area contributed by atoms with Crippen molar-refractivity contribution in [3.63, 3.8) is 0 Å². The number of aromatic amines is 2. The van der Waals surface area contributed by atoms with Gasteiger partial charge in [0.15, 0.2) is 0 Å². The first-order valence-electron chi connectivity index (χ1n) is 13.5. The number of carboxylic acids is 2. The van der Waals surface area contributed by atoms with E-state index in [1.807, 2.05) is 13.8 Å². The van der Waals surface area contributed by atoms with E-state index in [-0.39, 0.29) is 25.7 Å². The van der Waals surface area contributed by atoms with Crippen molar-refractivity contribution in [2.45, 2.75) is 73.1 Å². The van der Waals surface area contributed by atoms with E-state index >= 15 is 0 Å². The molecule has 2 aromatic rings. The van der Waals surface area contributed by atoms with E-state index in [4.69, 9.17) is 5.73 Å². The van der Waals surface area contributed by atoms with E-state index in [1.54, 1.807) is 26.8 Å². The zero-order valence-corrected chi connectivity index (χ0v) is 24.9. The molecule has 0 saturated carbocycles. The predicted octanol–water partition coefficient (Wildman–Crippen LogP) is 4.58. The second-order valence-corrected chi connectivity index (χ2v) is 10.3. The van der Waals surface area contributed by atoms with Crippen LogP contribution in [0.2, 0.25) is 0 Å². The molecule has 0 unspecified atom stereocenters. The minimum Gasteiger partial charge on any atom is -0.481 e. The number of aliphatic imine (C=N–C) groups is 1. The molecule has 0 bridgehead atoms. The van der Waals surface area contributed by atoms with Gasteiger partial charge in [0.25, 0.3) is 5.91 Å². The van der Waals surface area contributed by atoms with Gasteiger partial charge in [-0.15, -0.1) is 0 Å². The Hall–Kier alpha value is -4.73. The summed E-state index contributed by atoms with van der Waals surface area (Å²) in [7, 11) is 0. The molecule has 0 spiro atoms. The van der Waals surface area contributed by atoms with E-state index in [1.165, 1.54) is 12.3 Å². The van der Waals surface area contributed by atoms with Crippen LogP contribution < -0.4 is 5.73 Å². The lowest BCUT2D eigenvalue weighted by Crippen LogP contribution is -2.14. The number of rotatable bonds is 15. The standard InChI is InChI=1S/C32H40N4O6/c1-8-17(3)19(5)32(42)34-16-28-21(7)24(11-13-30(39)40)27(36-28)15-26-23(10-12-29(37)38)20(6)25(35-26)14-18(4)22(9-2)31(33)41/h8-9,16,35-36H,1-2,10-15H2,3-7H3,(H2,33,41)(H,37,38)(H,39,40)/b19-17+,22-18-,34-16+. The third kappa shape index (κ3) is 8.39. The molecule has 0 atom stereocenters. The van der Waals surface area contributed by atoms with Crippen molar-refractivity contribution in [2.75, 3.05) is 0 Å². The maximum atomic E-state index is 12.6. The van der Waals surface area contributed by atoms with Gasteiger partial charge in [0.2, 0.25) is 5.91 Å². The maximum Gasteiger partial charge on any atom is 0.303 e. The van der Waals surface area contributed by atoms with Crippen LogP contribution >= 0.6 is 0 Å².